The summed E-state index contributed by atoms with van der Waals surface area (Å²) >= 11 is 0. The summed E-state index contributed by atoms with van der Waals surface area (Å²) in [5.41, 5.74) is 3.53. The summed E-state index contributed by atoms with van der Waals surface area (Å²) in [6.07, 6.45) is 6.47. The first kappa shape index (κ1) is 19.6. The van der Waals surface area contributed by atoms with Gasteiger partial charge in [0.15, 0.2) is 11.3 Å². The molecule has 0 aliphatic rings. The Balaban J connectivity index is 4.13. The van der Waals surface area contributed by atoms with Crippen molar-refractivity contribution >= 4 is 17.7 Å². The number of rotatable bonds is 13. The molecule has 0 aliphatic heterocycles. The smallest absolute Gasteiger partial charge is 0.331 e. The van der Waals surface area contributed by atoms with Crippen molar-refractivity contribution < 1.29 is 24.6 Å². The van der Waals surface area contributed by atoms with Gasteiger partial charge in [-0.3, -0.25) is 9.59 Å². The molecule has 0 radical (unpaired) electrons. The van der Waals surface area contributed by atoms with Crippen molar-refractivity contribution in [1.82, 2.24) is 0 Å². The van der Waals surface area contributed by atoms with E-state index in [2.05, 4.69) is 6.92 Å². The Labute approximate surface area is 125 Å². The van der Waals surface area contributed by atoms with Crippen LogP contribution in [-0.2, 0) is 14.4 Å². The van der Waals surface area contributed by atoms with E-state index in [1.54, 1.807) is 0 Å². The fourth-order valence-electron chi connectivity index (χ4n) is 2.14. The van der Waals surface area contributed by atoms with Gasteiger partial charge in [-0.05, 0) is 12.8 Å². The molecule has 21 heavy (non-hydrogen) atoms. The van der Waals surface area contributed by atoms with Crippen LogP contribution in [0.2, 0.25) is 0 Å². The number of unbranched alkanes of at least 4 members (excludes halogenated alkanes) is 6. The van der Waals surface area contributed by atoms with Crippen LogP contribution in [0, 0.1) is 0 Å². The molecule has 0 aromatic rings. The molecule has 0 bridgehead atoms. The highest BCUT2D eigenvalue weighted by atomic mass is 16.4. The van der Waals surface area contributed by atoms with Crippen LogP contribution in [0.1, 0.15) is 71.1 Å². The minimum atomic E-state index is -2.07. The lowest BCUT2D eigenvalue weighted by molar-refractivity contribution is -0.149. The van der Waals surface area contributed by atoms with Gasteiger partial charge in [0.25, 0.3) is 0 Å². The van der Waals surface area contributed by atoms with Gasteiger partial charge in [0.05, 0.1) is 0 Å². The first-order chi connectivity index (χ1) is 9.84. The molecule has 0 unspecified atom stereocenters. The molecule has 122 valence electrons. The molecule has 0 fully saturated rings. The van der Waals surface area contributed by atoms with Crippen LogP contribution in [-0.4, -0.2) is 33.5 Å². The Hall–Kier alpha value is -1.43. The van der Waals surface area contributed by atoms with Crippen LogP contribution in [0.3, 0.4) is 0 Å². The normalized spacial score (nSPS) is 13.6. The number of carbonyl (C=O) groups is 3. The molecular formula is C15H27NO5. The highest BCUT2D eigenvalue weighted by Crippen LogP contribution is 2.17. The number of hydrogen-bond donors (Lipinski definition) is 3. The summed E-state index contributed by atoms with van der Waals surface area (Å²) < 4.78 is 0. The van der Waals surface area contributed by atoms with Crippen LogP contribution < -0.4 is 5.73 Å². The summed E-state index contributed by atoms with van der Waals surface area (Å²) in [6, 6.07) is 0. The lowest BCUT2D eigenvalue weighted by atomic mass is 9.87. The van der Waals surface area contributed by atoms with Gasteiger partial charge < -0.3 is 15.9 Å². The molecule has 0 aromatic carbocycles. The largest absolute Gasteiger partial charge is 0.481 e. The van der Waals surface area contributed by atoms with E-state index in [9.17, 15) is 14.4 Å². The third kappa shape index (κ3) is 7.80. The maximum atomic E-state index is 12.0. The Bertz CT molecular complexity index is 356. The zero-order valence-electron chi connectivity index (χ0n) is 12.8. The minimum absolute atomic E-state index is 0.0934. The number of ketones is 1. The minimum Gasteiger partial charge on any atom is -0.481 e. The van der Waals surface area contributed by atoms with Crippen LogP contribution in [0.4, 0.5) is 0 Å². The zero-order valence-corrected chi connectivity index (χ0v) is 12.8. The number of hydrogen-bond acceptors (Lipinski definition) is 4. The van der Waals surface area contributed by atoms with E-state index in [-0.39, 0.29) is 12.8 Å². The lowest BCUT2D eigenvalue weighted by Crippen LogP contribution is -2.55. The standard InChI is InChI=1S/C15H27NO5/c1-2-3-4-5-6-7-8-9-12(17)15(16,14(20)21)11-10-13(18)19/h2-11,16H2,1H3,(H,18,19)(H,20,21)/t15-/m1/s1. The van der Waals surface area contributed by atoms with Crippen molar-refractivity contribution in [1.29, 1.82) is 0 Å². The predicted molar refractivity (Wildman–Crippen MR) is 79.0 cm³/mol. The van der Waals surface area contributed by atoms with E-state index in [0.717, 1.165) is 19.3 Å². The summed E-state index contributed by atoms with van der Waals surface area (Å²) in [4.78, 5) is 33.6. The maximum Gasteiger partial charge on any atom is 0.331 e. The van der Waals surface area contributed by atoms with Gasteiger partial charge in [-0.1, -0.05) is 45.4 Å². The molecule has 6 heteroatoms. The van der Waals surface area contributed by atoms with Crippen molar-refractivity contribution in [2.45, 2.75) is 76.7 Å². The molecule has 0 aliphatic carbocycles. The second-order valence-electron chi connectivity index (χ2n) is 5.46. The number of carboxylic acid groups (broad SMARTS) is 2. The monoisotopic (exact) mass is 301 g/mol. The van der Waals surface area contributed by atoms with E-state index in [1.807, 2.05) is 0 Å². The molecule has 0 heterocycles. The quantitative estimate of drug-likeness (QED) is 0.355. The second-order valence-corrected chi connectivity index (χ2v) is 5.46. The first-order valence-corrected chi connectivity index (χ1v) is 7.62. The Morgan fingerprint density at radius 2 is 1.43 bits per heavy atom. The number of aliphatic carboxylic acids is 2. The van der Waals surface area contributed by atoms with E-state index >= 15 is 0 Å². The summed E-state index contributed by atoms with van der Waals surface area (Å²) in [7, 11) is 0. The van der Waals surface area contributed by atoms with Gasteiger partial charge >= 0.3 is 11.9 Å². The molecule has 4 N–H and O–H groups in total. The van der Waals surface area contributed by atoms with E-state index < -0.39 is 29.7 Å². The fraction of sp³-hybridized carbons (Fsp3) is 0.800. The molecular weight excluding hydrogens is 274 g/mol. The average Bonchev–Trinajstić information content (AvgIpc) is 2.43. The van der Waals surface area contributed by atoms with Gasteiger partial charge in [0, 0.05) is 12.8 Å². The van der Waals surface area contributed by atoms with Crippen LogP contribution in [0.5, 0.6) is 0 Å². The predicted octanol–water partition coefficient (Wildman–Crippen LogP) is 2.34. The molecule has 1 atom stereocenters. The van der Waals surface area contributed by atoms with Crippen LogP contribution >= 0.6 is 0 Å². The fourth-order valence-corrected chi connectivity index (χ4v) is 2.14. The van der Waals surface area contributed by atoms with Crippen LogP contribution in [0.15, 0.2) is 0 Å². The third-order valence-corrected chi connectivity index (χ3v) is 3.62. The van der Waals surface area contributed by atoms with Gasteiger partial charge in [0.1, 0.15) is 0 Å². The van der Waals surface area contributed by atoms with Gasteiger partial charge in [-0.2, -0.15) is 0 Å². The number of carbonyl (C=O) groups excluding carboxylic acids is 1. The molecule has 0 amide bonds. The van der Waals surface area contributed by atoms with Crippen molar-refractivity contribution in [3.8, 4) is 0 Å². The maximum absolute atomic E-state index is 12.0. The molecule has 0 rings (SSSR count). The average molecular weight is 301 g/mol. The van der Waals surface area contributed by atoms with Crippen molar-refractivity contribution in [2.75, 3.05) is 0 Å². The lowest BCUT2D eigenvalue weighted by Gasteiger charge is -2.22. The number of carboxylic acids is 2. The van der Waals surface area contributed by atoms with E-state index in [0.29, 0.717) is 6.42 Å². The van der Waals surface area contributed by atoms with E-state index in [4.69, 9.17) is 15.9 Å². The highest BCUT2D eigenvalue weighted by molar-refractivity contribution is 6.07. The molecule has 0 aromatic heterocycles. The Morgan fingerprint density at radius 1 is 0.905 bits per heavy atom. The highest BCUT2D eigenvalue weighted by Gasteiger charge is 2.41. The van der Waals surface area contributed by atoms with Gasteiger partial charge in [-0.15, -0.1) is 0 Å². The van der Waals surface area contributed by atoms with Crippen molar-refractivity contribution in [3.05, 3.63) is 0 Å². The second kappa shape index (κ2) is 10.3. The molecule has 0 saturated carbocycles. The zero-order chi connectivity index (χ0) is 16.3. The van der Waals surface area contributed by atoms with Gasteiger partial charge in [0.2, 0.25) is 0 Å². The SMILES string of the molecule is CCCCCCCCCC(=O)[C@](N)(CCC(=O)O)C(=O)O. The molecule has 0 spiro atoms. The number of Topliss-reactive ketones (excluding diaryl/α,β-unsaturated/α-hetero) is 1. The third-order valence-electron chi connectivity index (χ3n) is 3.62. The summed E-state index contributed by atoms with van der Waals surface area (Å²) in [6.45, 7) is 2.14. The van der Waals surface area contributed by atoms with Gasteiger partial charge in [-0.25, -0.2) is 4.79 Å². The van der Waals surface area contributed by atoms with E-state index in [1.165, 1.54) is 19.3 Å². The first-order valence-electron chi connectivity index (χ1n) is 7.62. The van der Waals surface area contributed by atoms with Crippen LogP contribution in [0.25, 0.3) is 0 Å². The summed E-state index contributed by atoms with van der Waals surface area (Å²) in [5, 5.41) is 17.7. The topological polar surface area (TPSA) is 118 Å². The van der Waals surface area contributed by atoms with Crippen molar-refractivity contribution in [3.63, 3.8) is 0 Å². The number of nitrogens with two attached hydrogens (primary N) is 1. The summed E-state index contributed by atoms with van der Waals surface area (Å²) in [5.74, 6) is -3.18. The molecule has 6 nitrogen and oxygen atoms in total. The van der Waals surface area contributed by atoms with Crippen molar-refractivity contribution in [2.24, 2.45) is 5.73 Å². The molecule has 0 saturated heterocycles. The Morgan fingerprint density at radius 3 is 1.90 bits per heavy atom. The Kier molecular flexibility index (Phi) is 9.62.